The molecule has 0 saturated heterocycles. The second-order valence-corrected chi connectivity index (χ2v) is 3.12. The summed E-state index contributed by atoms with van der Waals surface area (Å²) in [7, 11) is 0. The van der Waals surface area contributed by atoms with Gasteiger partial charge in [-0.1, -0.05) is 6.92 Å². The Balaban J connectivity index is 2.93. The molecule has 0 saturated carbocycles. The normalized spacial score (nSPS) is 13.3. The lowest BCUT2D eigenvalue weighted by Gasteiger charge is -2.15. The van der Waals surface area contributed by atoms with Gasteiger partial charge in [0, 0.05) is 18.3 Å². The van der Waals surface area contributed by atoms with Crippen LogP contribution in [0.5, 0.6) is 0 Å². The molecule has 12 heavy (non-hydrogen) atoms. The Kier molecular flexibility index (Phi) is 2.87. The van der Waals surface area contributed by atoms with E-state index in [0.717, 1.165) is 12.1 Å². The number of nitrogens with zero attached hydrogens (tertiary/aromatic N) is 2. The number of aromatic nitrogens is 2. The topological polar surface area (TPSA) is 43.8 Å². The molecule has 0 amide bonds. The molecule has 1 aromatic heterocycles. The molecule has 0 radical (unpaired) electrons. The fourth-order valence-electron chi connectivity index (χ4n) is 1.36. The van der Waals surface area contributed by atoms with Gasteiger partial charge in [0.1, 0.15) is 0 Å². The molecule has 3 heteroatoms. The Bertz CT molecular complexity index is 248. The SMILES string of the molecule is CCC(CN)n1cnc(C)c1C. The second kappa shape index (κ2) is 3.72. The quantitative estimate of drug-likeness (QED) is 0.739. The van der Waals surface area contributed by atoms with Gasteiger partial charge in [-0.15, -0.1) is 0 Å². The maximum atomic E-state index is 5.64. The highest BCUT2D eigenvalue weighted by Gasteiger charge is 2.09. The molecule has 0 aliphatic carbocycles. The van der Waals surface area contributed by atoms with E-state index in [1.165, 1.54) is 5.69 Å². The Hall–Kier alpha value is -0.830. The molecular formula is C9H17N3. The van der Waals surface area contributed by atoms with Gasteiger partial charge in [-0.2, -0.15) is 0 Å². The Morgan fingerprint density at radius 3 is 2.58 bits per heavy atom. The molecule has 0 aliphatic rings. The number of nitrogens with two attached hydrogens (primary N) is 1. The van der Waals surface area contributed by atoms with Crippen LogP contribution in [0.25, 0.3) is 0 Å². The molecule has 0 aromatic carbocycles. The van der Waals surface area contributed by atoms with Crippen molar-refractivity contribution in [1.82, 2.24) is 9.55 Å². The Labute approximate surface area is 73.6 Å². The van der Waals surface area contributed by atoms with E-state index in [0.29, 0.717) is 12.6 Å². The number of hydrogen-bond acceptors (Lipinski definition) is 2. The minimum Gasteiger partial charge on any atom is -0.330 e. The highest BCUT2D eigenvalue weighted by molar-refractivity contribution is 5.09. The Morgan fingerprint density at radius 2 is 2.25 bits per heavy atom. The molecule has 0 bridgehead atoms. The zero-order chi connectivity index (χ0) is 9.14. The minimum atomic E-state index is 0.409. The largest absolute Gasteiger partial charge is 0.330 e. The van der Waals surface area contributed by atoms with Crippen LogP contribution in [0, 0.1) is 13.8 Å². The first-order chi connectivity index (χ1) is 5.70. The first-order valence-electron chi connectivity index (χ1n) is 4.40. The monoisotopic (exact) mass is 167 g/mol. The minimum absolute atomic E-state index is 0.409. The average molecular weight is 167 g/mol. The molecule has 0 aliphatic heterocycles. The van der Waals surface area contributed by atoms with Crippen molar-refractivity contribution < 1.29 is 0 Å². The zero-order valence-corrected chi connectivity index (χ0v) is 8.04. The summed E-state index contributed by atoms with van der Waals surface area (Å²) >= 11 is 0. The molecule has 0 spiro atoms. The van der Waals surface area contributed by atoms with Crippen molar-refractivity contribution in [3.05, 3.63) is 17.7 Å². The van der Waals surface area contributed by atoms with E-state index in [-0.39, 0.29) is 0 Å². The third kappa shape index (κ3) is 1.50. The highest BCUT2D eigenvalue weighted by Crippen LogP contribution is 2.14. The van der Waals surface area contributed by atoms with Crippen LogP contribution in [0.4, 0.5) is 0 Å². The van der Waals surface area contributed by atoms with Crippen LogP contribution < -0.4 is 5.73 Å². The molecule has 1 unspecified atom stereocenters. The van der Waals surface area contributed by atoms with Crippen LogP contribution in [0.2, 0.25) is 0 Å². The van der Waals surface area contributed by atoms with Crippen molar-refractivity contribution in [1.29, 1.82) is 0 Å². The highest BCUT2D eigenvalue weighted by atomic mass is 15.1. The van der Waals surface area contributed by atoms with E-state index in [4.69, 9.17) is 5.73 Å². The van der Waals surface area contributed by atoms with Gasteiger partial charge in [-0.25, -0.2) is 4.98 Å². The lowest BCUT2D eigenvalue weighted by atomic mass is 10.2. The third-order valence-corrected chi connectivity index (χ3v) is 2.42. The van der Waals surface area contributed by atoms with Gasteiger partial charge in [-0.05, 0) is 20.3 Å². The molecule has 1 atom stereocenters. The van der Waals surface area contributed by atoms with Gasteiger partial charge in [0.05, 0.1) is 12.0 Å². The molecular weight excluding hydrogens is 150 g/mol. The number of imidazole rings is 1. The first kappa shape index (κ1) is 9.26. The zero-order valence-electron chi connectivity index (χ0n) is 8.04. The average Bonchev–Trinajstić information content (AvgIpc) is 2.38. The summed E-state index contributed by atoms with van der Waals surface area (Å²) in [6.45, 7) is 6.94. The molecule has 1 heterocycles. The number of hydrogen-bond donors (Lipinski definition) is 1. The first-order valence-corrected chi connectivity index (χ1v) is 4.40. The Morgan fingerprint density at radius 1 is 1.58 bits per heavy atom. The van der Waals surface area contributed by atoms with Crippen LogP contribution in [-0.4, -0.2) is 16.1 Å². The fraction of sp³-hybridized carbons (Fsp3) is 0.667. The predicted molar refractivity (Wildman–Crippen MR) is 50.1 cm³/mol. The predicted octanol–water partition coefficient (Wildman–Crippen LogP) is 1.41. The van der Waals surface area contributed by atoms with E-state index in [1.54, 1.807) is 0 Å². The fourth-order valence-corrected chi connectivity index (χ4v) is 1.36. The smallest absolute Gasteiger partial charge is 0.0954 e. The number of rotatable bonds is 3. The lowest BCUT2D eigenvalue weighted by molar-refractivity contribution is 0.486. The van der Waals surface area contributed by atoms with Crippen LogP contribution >= 0.6 is 0 Å². The maximum absolute atomic E-state index is 5.64. The third-order valence-electron chi connectivity index (χ3n) is 2.42. The van der Waals surface area contributed by atoms with Crippen molar-refractivity contribution in [2.45, 2.75) is 33.2 Å². The van der Waals surface area contributed by atoms with E-state index < -0.39 is 0 Å². The van der Waals surface area contributed by atoms with Gasteiger partial charge >= 0.3 is 0 Å². The van der Waals surface area contributed by atoms with Gasteiger partial charge < -0.3 is 10.3 Å². The van der Waals surface area contributed by atoms with Gasteiger partial charge in [0.15, 0.2) is 0 Å². The summed E-state index contributed by atoms with van der Waals surface area (Å²) in [4.78, 5) is 4.24. The standard InChI is InChI=1S/C9H17N3/c1-4-9(5-10)12-6-11-7(2)8(12)3/h6,9H,4-5,10H2,1-3H3. The molecule has 68 valence electrons. The lowest BCUT2D eigenvalue weighted by Crippen LogP contribution is -2.18. The van der Waals surface area contributed by atoms with Crippen molar-refractivity contribution in [3.63, 3.8) is 0 Å². The van der Waals surface area contributed by atoms with Gasteiger partial charge in [0.25, 0.3) is 0 Å². The van der Waals surface area contributed by atoms with E-state index in [1.807, 2.05) is 13.3 Å². The molecule has 1 rings (SSSR count). The summed E-state index contributed by atoms with van der Waals surface area (Å²) in [6, 6.07) is 0.409. The van der Waals surface area contributed by atoms with Gasteiger partial charge in [0.2, 0.25) is 0 Å². The van der Waals surface area contributed by atoms with Crippen molar-refractivity contribution in [3.8, 4) is 0 Å². The number of aryl methyl sites for hydroxylation is 1. The summed E-state index contributed by atoms with van der Waals surface area (Å²) in [6.07, 6.45) is 2.94. The van der Waals surface area contributed by atoms with Crippen molar-refractivity contribution in [2.75, 3.05) is 6.54 Å². The summed E-state index contributed by atoms with van der Waals surface area (Å²) in [5, 5.41) is 0. The van der Waals surface area contributed by atoms with E-state index in [2.05, 4.69) is 23.4 Å². The van der Waals surface area contributed by atoms with E-state index in [9.17, 15) is 0 Å². The van der Waals surface area contributed by atoms with Crippen molar-refractivity contribution >= 4 is 0 Å². The summed E-state index contributed by atoms with van der Waals surface area (Å²) < 4.78 is 2.16. The van der Waals surface area contributed by atoms with Crippen LogP contribution in [0.3, 0.4) is 0 Å². The van der Waals surface area contributed by atoms with E-state index >= 15 is 0 Å². The molecule has 1 aromatic rings. The van der Waals surface area contributed by atoms with Crippen LogP contribution in [0.1, 0.15) is 30.8 Å². The molecule has 0 fully saturated rings. The van der Waals surface area contributed by atoms with Crippen molar-refractivity contribution in [2.24, 2.45) is 5.73 Å². The maximum Gasteiger partial charge on any atom is 0.0954 e. The molecule has 3 nitrogen and oxygen atoms in total. The summed E-state index contributed by atoms with van der Waals surface area (Å²) in [5.41, 5.74) is 7.97. The van der Waals surface area contributed by atoms with Crippen LogP contribution in [-0.2, 0) is 0 Å². The van der Waals surface area contributed by atoms with Crippen LogP contribution in [0.15, 0.2) is 6.33 Å². The second-order valence-electron chi connectivity index (χ2n) is 3.12. The summed E-state index contributed by atoms with van der Waals surface area (Å²) in [5.74, 6) is 0. The molecule has 2 N–H and O–H groups in total. The van der Waals surface area contributed by atoms with Gasteiger partial charge in [-0.3, -0.25) is 0 Å².